The molecule has 3 unspecified atom stereocenters. The molecule has 1 amide bonds. The van der Waals surface area contributed by atoms with Gasteiger partial charge < -0.3 is 11.1 Å². The van der Waals surface area contributed by atoms with Gasteiger partial charge in [0, 0.05) is 19.1 Å². The van der Waals surface area contributed by atoms with E-state index >= 15 is 0 Å². The van der Waals surface area contributed by atoms with Gasteiger partial charge in [0.05, 0.1) is 6.04 Å². The molecular weight excluding hydrogens is 238 g/mol. The average molecular weight is 269 g/mol. The zero-order valence-corrected chi connectivity index (χ0v) is 13.0. The fourth-order valence-corrected chi connectivity index (χ4v) is 2.87. The molecule has 0 aromatic carbocycles. The van der Waals surface area contributed by atoms with E-state index in [4.69, 9.17) is 5.73 Å². The largest absolute Gasteiger partial charge is 0.354 e. The van der Waals surface area contributed by atoms with Crippen LogP contribution >= 0.6 is 0 Å². The van der Waals surface area contributed by atoms with Gasteiger partial charge in [0.2, 0.25) is 5.91 Å². The molecule has 1 aliphatic heterocycles. The molecule has 1 heterocycles. The summed E-state index contributed by atoms with van der Waals surface area (Å²) < 4.78 is 0. The standard InChI is InChI=1S/C15H31N3O/c1-5-13-6-7-18(14(8-13)9-16)12(4)15(19)17-10-11(2)3/h11-14H,5-10,16H2,1-4H3,(H,17,19). The number of hydrogen-bond donors (Lipinski definition) is 2. The maximum Gasteiger partial charge on any atom is 0.237 e. The number of carbonyl (C=O) groups excluding carboxylic acids is 1. The fraction of sp³-hybridized carbons (Fsp3) is 0.933. The molecule has 1 rings (SSSR count). The van der Waals surface area contributed by atoms with Crippen LogP contribution in [0.5, 0.6) is 0 Å². The van der Waals surface area contributed by atoms with Crippen LogP contribution in [0.4, 0.5) is 0 Å². The second-order valence-electron chi connectivity index (χ2n) is 6.24. The highest BCUT2D eigenvalue weighted by atomic mass is 16.2. The first-order valence-electron chi connectivity index (χ1n) is 7.73. The highest BCUT2D eigenvalue weighted by molar-refractivity contribution is 5.81. The average Bonchev–Trinajstić information content (AvgIpc) is 2.42. The van der Waals surface area contributed by atoms with E-state index in [9.17, 15) is 4.79 Å². The molecule has 0 aliphatic carbocycles. The van der Waals surface area contributed by atoms with Crippen molar-refractivity contribution in [2.24, 2.45) is 17.6 Å². The van der Waals surface area contributed by atoms with Crippen LogP contribution in [-0.2, 0) is 4.79 Å². The van der Waals surface area contributed by atoms with Gasteiger partial charge in [-0.25, -0.2) is 0 Å². The van der Waals surface area contributed by atoms with E-state index < -0.39 is 0 Å². The van der Waals surface area contributed by atoms with Crippen molar-refractivity contribution in [3.63, 3.8) is 0 Å². The summed E-state index contributed by atoms with van der Waals surface area (Å²) in [5.41, 5.74) is 5.90. The van der Waals surface area contributed by atoms with E-state index in [2.05, 4.69) is 31.0 Å². The fourth-order valence-electron chi connectivity index (χ4n) is 2.87. The summed E-state index contributed by atoms with van der Waals surface area (Å²) in [5.74, 6) is 1.41. The number of nitrogens with one attached hydrogen (secondary N) is 1. The van der Waals surface area contributed by atoms with Crippen molar-refractivity contribution < 1.29 is 4.79 Å². The SMILES string of the molecule is CCC1CCN(C(C)C(=O)NCC(C)C)C(CN)C1. The van der Waals surface area contributed by atoms with E-state index in [0.717, 1.165) is 25.4 Å². The van der Waals surface area contributed by atoms with Gasteiger partial charge in [0.25, 0.3) is 0 Å². The van der Waals surface area contributed by atoms with Gasteiger partial charge >= 0.3 is 0 Å². The Balaban J connectivity index is 2.54. The van der Waals surface area contributed by atoms with Crippen LogP contribution in [0.25, 0.3) is 0 Å². The molecule has 1 saturated heterocycles. The minimum Gasteiger partial charge on any atom is -0.354 e. The van der Waals surface area contributed by atoms with Crippen LogP contribution < -0.4 is 11.1 Å². The molecule has 19 heavy (non-hydrogen) atoms. The number of rotatable bonds is 6. The number of nitrogens with zero attached hydrogens (tertiary/aromatic N) is 1. The van der Waals surface area contributed by atoms with Gasteiger partial charge in [-0.05, 0) is 38.1 Å². The monoisotopic (exact) mass is 269 g/mol. The van der Waals surface area contributed by atoms with E-state index in [1.165, 1.54) is 12.8 Å². The van der Waals surface area contributed by atoms with Gasteiger partial charge in [0.15, 0.2) is 0 Å². The normalized spacial score (nSPS) is 26.4. The van der Waals surface area contributed by atoms with Crippen molar-refractivity contribution in [1.82, 2.24) is 10.2 Å². The Hall–Kier alpha value is -0.610. The highest BCUT2D eigenvalue weighted by Gasteiger charge is 2.32. The van der Waals surface area contributed by atoms with Crippen molar-refractivity contribution in [2.75, 3.05) is 19.6 Å². The third-order valence-electron chi connectivity index (χ3n) is 4.28. The lowest BCUT2D eigenvalue weighted by Crippen LogP contribution is -2.55. The number of carbonyl (C=O) groups is 1. The number of likely N-dealkylation sites (tertiary alicyclic amines) is 1. The van der Waals surface area contributed by atoms with Gasteiger partial charge in [0.1, 0.15) is 0 Å². The van der Waals surface area contributed by atoms with E-state index in [-0.39, 0.29) is 11.9 Å². The Kier molecular flexibility index (Phi) is 6.80. The maximum absolute atomic E-state index is 12.2. The summed E-state index contributed by atoms with van der Waals surface area (Å²) in [7, 11) is 0. The molecule has 1 aliphatic rings. The lowest BCUT2D eigenvalue weighted by Gasteiger charge is -2.41. The Morgan fingerprint density at radius 2 is 2.11 bits per heavy atom. The minimum absolute atomic E-state index is 0.0647. The summed E-state index contributed by atoms with van der Waals surface area (Å²) in [6, 6.07) is 0.295. The van der Waals surface area contributed by atoms with Crippen LogP contribution in [0.3, 0.4) is 0 Å². The Bertz CT molecular complexity index is 281. The van der Waals surface area contributed by atoms with Crippen LogP contribution in [-0.4, -0.2) is 42.5 Å². The molecule has 0 spiro atoms. The quantitative estimate of drug-likeness (QED) is 0.770. The Morgan fingerprint density at radius 1 is 1.42 bits per heavy atom. The second kappa shape index (κ2) is 7.85. The number of nitrogens with two attached hydrogens (primary N) is 1. The highest BCUT2D eigenvalue weighted by Crippen LogP contribution is 2.26. The Labute approximate surface area is 118 Å². The topological polar surface area (TPSA) is 58.4 Å². The van der Waals surface area contributed by atoms with Crippen LogP contribution in [0, 0.1) is 11.8 Å². The summed E-state index contributed by atoms with van der Waals surface area (Å²) >= 11 is 0. The molecule has 0 radical (unpaired) electrons. The lowest BCUT2D eigenvalue weighted by atomic mass is 9.88. The molecule has 112 valence electrons. The van der Waals surface area contributed by atoms with Crippen molar-refractivity contribution in [2.45, 2.75) is 59.0 Å². The molecule has 0 bridgehead atoms. The lowest BCUT2D eigenvalue weighted by molar-refractivity contribution is -0.127. The number of amides is 1. The molecule has 3 atom stereocenters. The first-order chi connectivity index (χ1) is 8.99. The Morgan fingerprint density at radius 3 is 2.63 bits per heavy atom. The first kappa shape index (κ1) is 16.4. The summed E-state index contributed by atoms with van der Waals surface area (Å²) in [6.45, 7) is 10.9. The van der Waals surface area contributed by atoms with Gasteiger partial charge in [-0.2, -0.15) is 0 Å². The van der Waals surface area contributed by atoms with Crippen molar-refractivity contribution >= 4 is 5.91 Å². The molecule has 0 aromatic heterocycles. The zero-order valence-electron chi connectivity index (χ0n) is 13.0. The molecular formula is C15H31N3O. The van der Waals surface area contributed by atoms with E-state index in [1.807, 2.05) is 6.92 Å². The molecule has 0 aromatic rings. The summed E-state index contributed by atoms with van der Waals surface area (Å²) in [5, 5.41) is 3.03. The zero-order chi connectivity index (χ0) is 14.4. The maximum atomic E-state index is 12.2. The van der Waals surface area contributed by atoms with Crippen molar-refractivity contribution in [3.05, 3.63) is 0 Å². The van der Waals surface area contributed by atoms with E-state index in [1.54, 1.807) is 0 Å². The first-order valence-corrected chi connectivity index (χ1v) is 7.73. The third-order valence-corrected chi connectivity index (χ3v) is 4.28. The predicted octanol–water partition coefficient (Wildman–Crippen LogP) is 1.60. The minimum atomic E-state index is -0.0647. The van der Waals surface area contributed by atoms with Crippen LogP contribution in [0.2, 0.25) is 0 Å². The van der Waals surface area contributed by atoms with E-state index in [0.29, 0.717) is 18.5 Å². The van der Waals surface area contributed by atoms with Crippen LogP contribution in [0.1, 0.15) is 47.0 Å². The smallest absolute Gasteiger partial charge is 0.237 e. The van der Waals surface area contributed by atoms with Gasteiger partial charge in [-0.15, -0.1) is 0 Å². The molecule has 1 fully saturated rings. The van der Waals surface area contributed by atoms with Gasteiger partial charge in [-0.3, -0.25) is 9.69 Å². The molecule has 3 N–H and O–H groups in total. The van der Waals surface area contributed by atoms with Crippen molar-refractivity contribution in [1.29, 1.82) is 0 Å². The molecule has 4 heteroatoms. The van der Waals surface area contributed by atoms with Crippen LogP contribution in [0.15, 0.2) is 0 Å². The third kappa shape index (κ3) is 4.77. The molecule has 0 saturated carbocycles. The summed E-state index contributed by atoms with van der Waals surface area (Å²) in [6.07, 6.45) is 3.54. The second-order valence-corrected chi connectivity index (χ2v) is 6.24. The predicted molar refractivity (Wildman–Crippen MR) is 79.9 cm³/mol. The number of piperidine rings is 1. The molecule has 4 nitrogen and oxygen atoms in total. The summed E-state index contributed by atoms with van der Waals surface area (Å²) in [4.78, 5) is 14.5. The van der Waals surface area contributed by atoms with Gasteiger partial charge in [-0.1, -0.05) is 27.2 Å². The number of hydrogen-bond acceptors (Lipinski definition) is 3. The van der Waals surface area contributed by atoms with Crippen molar-refractivity contribution in [3.8, 4) is 0 Å².